The smallest absolute Gasteiger partial charge is 0.276 e. The molecule has 0 bridgehead atoms. The normalized spacial score (nSPS) is 27.9. The van der Waals surface area contributed by atoms with E-state index < -0.39 is 5.03 Å². The molecule has 0 N–H and O–H groups in total. The topological polar surface area (TPSA) is 80.4 Å². The summed E-state index contributed by atoms with van der Waals surface area (Å²) in [7, 11) is 0. The minimum Gasteiger partial charge on any atom is -0.381 e. The fourth-order valence-electron chi connectivity index (χ4n) is 3.03. The zero-order valence-electron chi connectivity index (χ0n) is 14.3. The highest BCUT2D eigenvalue weighted by molar-refractivity contribution is 5.81. The quantitative estimate of drug-likeness (QED) is 0.382. The molecule has 3 atom stereocenters. The number of hydrogen-bond acceptors (Lipinski definition) is 4. The molecule has 2 heterocycles. The molecule has 0 aromatic carbocycles. The molecular weight excluding hydrogens is 300 g/mol. The van der Waals surface area contributed by atoms with Crippen LogP contribution in [0.15, 0.2) is 5.10 Å². The lowest BCUT2D eigenvalue weighted by atomic mass is 9.98. The van der Waals surface area contributed by atoms with Crippen LogP contribution in [0.4, 0.5) is 0 Å². The van der Waals surface area contributed by atoms with Crippen LogP contribution in [0.2, 0.25) is 0 Å². The summed E-state index contributed by atoms with van der Waals surface area (Å²) >= 11 is 0. The molecular formula is C15H28N4O4. The van der Waals surface area contributed by atoms with Crippen LogP contribution in [0.25, 0.3) is 0 Å². The Morgan fingerprint density at radius 1 is 1.48 bits per heavy atom. The Morgan fingerprint density at radius 2 is 2.26 bits per heavy atom. The zero-order chi connectivity index (χ0) is 16.8. The molecule has 2 saturated heterocycles. The lowest BCUT2D eigenvalue weighted by Crippen LogP contribution is -2.42. The maximum absolute atomic E-state index is 10.9. The van der Waals surface area contributed by atoms with Crippen molar-refractivity contribution in [2.24, 2.45) is 16.9 Å². The number of nitro groups is 1. The van der Waals surface area contributed by atoms with Crippen molar-refractivity contribution in [1.82, 2.24) is 9.80 Å². The Balaban J connectivity index is 2.01. The van der Waals surface area contributed by atoms with Crippen LogP contribution in [0, 0.1) is 22.0 Å². The fraction of sp³-hybridized carbons (Fsp3) is 0.933. The van der Waals surface area contributed by atoms with E-state index in [1.54, 1.807) is 0 Å². The molecule has 0 aromatic rings. The second-order valence-electron chi connectivity index (χ2n) is 6.38. The molecule has 2 rings (SSSR count). The van der Waals surface area contributed by atoms with E-state index in [1.165, 1.54) is 0 Å². The molecule has 2 aliphatic rings. The van der Waals surface area contributed by atoms with E-state index in [2.05, 4.69) is 18.9 Å². The summed E-state index contributed by atoms with van der Waals surface area (Å²) in [6.45, 7) is 10.5. The Bertz CT molecular complexity index is 432. The van der Waals surface area contributed by atoms with Crippen LogP contribution < -0.4 is 0 Å². The van der Waals surface area contributed by atoms with Gasteiger partial charge in [0.2, 0.25) is 0 Å². The summed E-state index contributed by atoms with van der Waals surface area (Å²) in [5.74, 6) is 1.28. The van der Waals surface area contributed by atoms with Gasteiger partial charge in [-0.25, -0.2) is 10.1 Å². The van der Waals surface area contributed by atoms with Crippen molar-refractivity contribution >= 4 is 5.96 Å². The Morgan fingerprint density at radius 3 is 2.87 bits per heavy atom. The van der Waals surface area contributed by atoms with Crippen LogP contribution >= 0.6 is 0 Å². The summed E-state index contributed by atoms with van der Waals surface area (Å²) in [5, 5.41) is 13.9. The van der Waals surface area contributed by atoms with Crippen LogP contribution in [0.3, 0.4) is 0 Å². The predicted molar refractivity (Wildman–Crippen MR) is 86.5 cm³/mol. The lowest BCUT2D eigenvalue weighted by Gasteiger charge is -2.27. The Hall–Kier alpha value is -1.41. The highest BCUT2D eigenvalue weighted by Crippen LogP contribution is 2.24. The second-order valence-corrected chi connectivity index (χ2v) is 6.38. The molecule has 0 aromatic heterocycles. The maximum Gasteiger partial charge on any atom is 0.276 e. The monoisotopic (exact) mass is 328 g/mol. The standard InChI is InChI=1S/C15H28N4O4/c1-4-5-8-23-13(3)18-7-6-17(15(18)16-19(20)21)9-14-11-22-10-12(14)2/h12-14H,4-11H2,1-3H3. The third-order valence-electron chi connectivity index (χ3n) is 4.59. The predicted octanol–water partition coefficient (Wildman–Crippen LogP) is 1.60. The van der Waals surface area contributed by atoms with Gasteiger partial charge >= 0.3 is 0 Å². The molecule has 2 aliphatic heterocycles. The van der Waals surface area contributed by atoms with Crippen LogP contribution in [0.5, 0.6) is 0 Å². The van der Waals surface area contributed by atoms with Gasteiger partial charge < -0.3 is 19.3 Å². The van der Waals surface area contributed by atoms with Crippen molar-refractivity contribution in [1.29, 1.82) is 0 Å². The highest BCUT2D eigenvalue weighted by atomic mass is 16.7. The first kappa shape index (κ1) is 17.9. The third kappa shape index (κ3) is 4.78. The molecule has 3 unspecified atom stereocenters. The number of unbranched alkanes of at least 4 members (excludes halogenated alkanes) is 1. The SMILES string of the molecule is CCCCOC(C)N1CCN(CC2COCC2C)C1=N[N+](=O)[O-]. The van der Waals surface area contributed by atoms with E-state index >= 15 is 0 Å². The van der Waals surface area contributed by atoms with Crippen molar-refractivity contribution in [3.63, 3.8) is 0 Å². The second kappa shape index (κ2) is 8.44. The average Bonchev–Trinajstić information content (AvgIpc) is 3.07. The zero-order valence-corrected chi connectivity index (χ0v) is 14.3. The summed E-state index contributed by atoms with van der Waals surface area (Å²) in [5.41, 5.74) is 0. The average molecular weight is 328 g/mol. The molecule has 0 spiro atoms. The number of hydrogen-bond donors (Lipinski definition) is 0. The highest BCUT2D eigenvalue weighted by Gasteiger charge is 2.36. The first-order valence-electron chi connectivity index (χ1n) is 8.46. The van der Waals surface area contributed by atoms with E-state index in [0.29, 0.717) is 37.6 Å². The number of hydrazone groups is 1. The van der Waals surface area contributed by atoms with E-state index in [4.69, 9.17) is 9.47 Å². The van der Waals surface area contributed by atoms with E-state index in [9.17, 15) is 10.1 Å². The van der Waals surface area contributed by atoms with Gasteiger partial charge in [0.05, 0.1) is 6.61 Å². The molecule has 0 saturated carbocycles. The molecule has 23 heavy (non-hydrogen) atoms. The van der Waals surface area contributed by atoms with Crippen molar-refractivity contribution in [2.75, 3.05) is 39.5 Å². The fourth-order valence-corrected chi connectivity index (χ4v) is 3.03. The van der Waals surface area contributed by atoms with Crippen LogP contribution in [0.1, 0.15) is 33.6 Å². The molecule has 0 aliphatic carbocycles. The number of rotatable bonds is 8. The summed E-state index contributed by atoms with van der Waals surface area (Å²) in [6.07, 6.45) is 1.84. The van der Waals surface area contributed by atoms with Crippen molar-refractivity contribution in [3.05, 3.63) is 10.1 Å². The van der Waals surface area contributed by atoms with E-state index in [1.807, 2.05) is 16.7 Å². The molecule has 0 radical (unpaired) electrons. The number of guanidine groups is 1. The Labute approximate surface area is 137 Å². The minimum absolute atomic E-state index is 0.206. The van der Waals surface area contributed by atoms with Crippen molar-refractivity contribution in [2.45, 2.75) is 39.8 Å². The first-order valence-corrected chi connectivity index (χ1v) is 8.46. The van der Waals surface area contributed by atoms with Gasteiger partial charge in [-0.05, 0) is 19.3 Å². The van der Waals surface area contributed by atoms with Gasteiger partial charge in [0.15, 0.2) is 5.03 Å². The van der Waals surface area contributed by atoms with Gasteiger partial charge in [0, 0.05) is 38.8 Å². The molecule has 8 heteroatoms. The minimum atomic E-state index is -0.617. The lowest BCUT2D eigenvalue weighted by molar-refractivity contribution is -0.486. The van der Waals surface area contributed by atoms with Crippen molar-refractivity contribution < 1.29 is 14.5 Å². The molecule has 0 amide bonds. The van der Waals surface area contributed by atoms with Gasteiger partial charge in [-0.2, -0.15) is 0 Å². The largest absolute Gasteiger partial charge is 0.381 e. The first-order chi connectivity index (χ1) is 11.0. The molecule has 2 fully saturated rings. The summed E-state index contributed by atoms with van der Waals surface area (Å²) < 4.78 is 11.3. The van der Waals surface area contributed by atoms with E-state index in [0.717, 1.165) is 32.5 Å². The van der Waals surface area contributed by atoms with E-state index in [-0.39, 0.29) is 6.23 Å². The van der Waals surface area contributed by atoms with Gasteiger partial charge in [0.1, 0.15) is 11.3 Å². The number of ether oxygens (including phenoxy) is 2. The van der Waals surface area contributed by atoms with Crippen molar-refractivity contribution in [3.8, 4) is 0 Å². The number of nitrogens with zero attached hydrogens (tertiary/aromatic N) is 4. The molecule has 132 valence electrons. The van der Waals surface area contributed by atoms with Crippen LogP contribution in [-0.2, 0) is 9.47 Å². The summed E-state index contributed by atoms with van der Waals surface area (Å²) in [4.78, 5) is 14.8. The third-order valence-corrected chi connectivity index (χ3v) is 4.59. The van der Waals surface area contributed by atoms with Gasteiger partial charge in [-0.1, -0.05) is 20.3 Å². The summed E-state index contributed by atoms with van der Waals surface area (Å²) in [6, 6.07) is 0. The molecule has 8 nitrogen and oxygen atoms in total. The van der Waals surface area contributed by atoms with Crippen LogP contribution in [-0.4, -0.2) is 66.5 Å². The van der Waals surface area contributed by atoms with Gasteiger partial charge in [-0.15, -0.1) is 0 Å². The maximum atomic E-state index is 10.9. The van der Waals surface area contributed by atoms with Gasteiger partial charge in [0.25, 0.3) is 5.96 Å². The van der Waals surface area contributed by atoms with Gasteiger partial charge in [-0.3, -0.25) is 0 Å². The Kier molecular flexibility index (Phi) is 6.59.